The third-order valence-electron chi connectivity index (χ3n) is 1.68. The van der Waals surface area contributed by atoms with Gasteiger partial charge in [0, 0.05) is 6.54 Å². The van der Waals surface area contributed by atoms with E-state index >= 15 is 0 Å². The molecule has 0 fully saturated rings. The number of esters is 1. The van der Waals surface area contributed by atoms with E-state index in [0.717, 1.165) is 0 Å². The predicted molar refractivity (Wildman–Crippen MR) is 62.6 cm³/mol. The van der Waals surface area contributed by atoms with E-state index in [0.29, 0.717) is 19.4 Å². The fraction of sp³-hybridized carbons (Fsp3) is 0.714. The summed E-state index contributed by atoms with van der Waals surface area (Å²) in [5.74, 6) is -0.521. The van der Waals surface area contributed by atoms with Crippen molar-refractivity contribution < 1.29 is 13.7 Å². The fourth-order valence-corrected chi connectivity index (χ4v) is 1.21. The van der Waals surface area contributed by atoms with Crippen molar-refractivity contribution in [2.24, 2.45) is 16.5 Å². The van der Waals surface area contributed by atoms with Crippen LogP contribution in [-0.4, -0.2) is 39.2 Å². The van der Waals surface area contributed by atoms with E-state index in [1.807, 2.05) is 0 Å². The summed E-state index contributed by atoms with van der Waals surface area (Å²) in [7, 11) is 3.83. The van der Waals surface area contributed by atoms with Gasteiger partial charge in [-0.1, -0.05) is 0 Å². The highest BCUT2D eigenvalue weighted by Crippen LogP contribution is 2.22. The molecule has 90 valence electrons. The maximum Gasteiger partial charge on any atom is 0.322 e. The smallest absolute Gasteiger partial charge is 0.322 e. The summed E-state index contributed by atoms with van der Waals surface area (Å²) in [4.78, 5) is 14.7. The van der Waals surface area contributed by atoms with Crippen molar-refractivity contribution in [2.75, 3.05) is 13.7 Å². The molecule has 0 aromatic rings. The number of hydrogen-bond donors (Lipinski definition) is 3. The molecule has 9 heteroatoms. The van der Waals surface area contributed by atoms with Crippen molar-refractivity contribution in [3.05, 3.63) is 0 Å². The highest BCUT2D eigenvalue weighted by atomic mass is 31.2. The van der Waals surface area contributed by atoms with Crippen LogP contribution >= 0.6 is 8.26 Å². The molecule has 0 aliphatic rings. The Morgan fingerprint density at radius 3 is 2.88 bits per heavy atom. The molecular weight excluding hydrogens is 233 g/mol. The molecule has 2 atom stereocenters. The Hall–Kier alpha value is -0.875. The second-order valence-electron chi connectivity index (χ2n) is 2.96. The number of aliphatic imine (C=N–C) groups is 1. The van der Waals surface area contributed by atoms with Crippen molar-refractivity contribution >= 4 is 27.8 Å². The number of carbonyl (C=O) groups excluding carboxylic acids is 1. The number of nitrogens with two attached hydrogens (primary N) is 2. The van der Waals surface area contributed by atoms with Gasteiger partial charge in [0.25, 0.3) is 0 Å². The van der Waals surface area contributed by atoms with Gasteiger partial charge in [0.05, 0.1) is 7.11 Å². The predicted octanol–water partition coefficient (Wildman–Crippen LogP) is -0.464. The number of guanidine groups is 1. The van der Waals surface area contributed by atoms with Crippen molar-refractivity contribution in [3.63, 3.8) is 0 Å². The zero-order valence-corrected chi connectivity index (χ0v) is 9.91. The normalized spacial score (nSPS) is 15.3. The average Bonchev–Trinajstić information content (AvgIpc) is 2.21. The Labute approximate surface area is 96.3 Å². The summed E-state index contributed by atoms with van der Waals surface area (Å²) in [6, 6.07) is -0.665. The van der Waals surface area contributed by atoms with Gasteiger partial charge < -0.3 is 21.3 Å². The van der Waals surface area contributed by atoms with Gasteiger partial charge >= 0.3 is 5.97 Å². The van der Waals surface area contributed by atoms with Crippen LogP contribution in [0.2, 0.25) is 0 Å². The monoisotopic (exact) mass is 248 g/mol. The highest BCUT2D eigenvalue weighted by molar-refractivity contribution is 7.76. The zero-order chi connectivity index (χ0) is 12.6. The van der Waals surface area contributed by atoms with E-state index < -0.39 is 20.3 Å². The molecule has 0 aliphatic heterocycles. The Morgan fingerprint density at radius 2 is 2.38 bits per heavy atom. The lowest BCUT2D eigenvalue weighted by atomic mass is 10.2. The molecule has 5 N–H and O–H groups in total. The Morgan fingerprint density at radius 1 is 1.75 bits per heavy atom. The molecule has 0 saturated carbocycles. The van der Waals surface area contributed by atoms with E-state index in [9.17, 15) is 8.99 Å². The molecule has 0 heterocycles. The van der Waals surface area contributed by atoms with Gasteiger partial charge in [-0.15, -0.1) is 0 Å². The summed E-state index contributed by atoms with van der Waals surface area (Å²) >= 11 is 0. The van der Waals surface area contributed by atoms with Gasteiger partial charge in [-0.2, -0.15) is 0 Å². The first-order valence-corrected chi connectivity index (χ1v) is 5.88. The second kappa shape index (κ2) is 8.30. The topological polar surface area (TPSA) is 103 Å². The summed E-state index contributed by atoms with van der Waals surface area (Å²) < 4.78 is 16.7. The maximum atomic E-state index is 12.2. The summed E-state index contributed by atoms with van der Waals surface area (Å²) in [6.45, 7) is 0.340. The number of ether oxygens (including phenoxy) is 1. The number of carbonyl (C=O) groups is 1. The summed E-state index contributed by atoms with van der Waals surface area (Å²) in [5, 5.41) is 2.15. The van der Waals surface area contributed by atoms with Crippen LogP contribution in [0.25, 0.3) is 0 Å². The Bertz CT molecular complexity index is 255. The van der Waals surface area contributed by atoms with Crippen LogP contribution < -0.4 is 16.6 Å². The van der Waals surface area contributed by atoms with E-state index in [-0.39, 0.29) is 5.96 Å². The number of halogens is 1. The van der Waals surface area contributed by atoms with Crippen molar-refractivity contribution in [1.29, 1.82) is 0 Å². The molecule has 0 saturated heterocycles. The SMILES string of the molecule is [B]P(F)NC(N)=NCCC[C@H](N)C(=O)OC. The molecule has 6 nitrogen and oxygen atoms in total. The third-order valence-corrected chi connectivity index (χ3v) is 2.12. The molecule has 0 spiro atoms. The molecule has 1 unspecified atom stereocenters. The highest BCUT2D eigenvalue weighted by Gasteiger charge is 2.12. The van der Waals surface area contributed by atoms with Crippen molar-refractivity contribution in [3.8, 4) is 0 Å². The first kappa shape index (κ1) is 15.1. The van der Waals surface area contributed by atoms with Crippen molar-refractivity contribution in [2.45, 2.75) is 18.9 Å². The third kappa shape index (κ3) is 7.42. The lowest BCUT2D eigenvalue weighted by molar-refractivity contribution is -0.142. The van der Waals surface area contributed by atoms with Crippen LogP contribution in [0.15, 0.2) is 4.99 Å². The molecule has 0 rings (SSSR count). The van der Waals surface area contributed by atoms with Gasteiger partial charge in [-0.05, 0) is 12.8 Å². The second-order valence-corrected chi connectivity index (χ2v) is 3.81. The number of methoxy groups -OCH3 is 1. The number of rotatable bonds is 6. The molecule has 0 bridgehead atoms. The standard InChI is InChI=1S/C7H15BFN4O2P/c1-15-6(14)5(10)3-2-4-12-7(11)13-16(8)9/h5H,2-4,10H2,1H3,(H3,11,12,13)/t5-,16?/m0/s1. The van der Waals surface area contributed by atoms with E-state index in [1.165, 1.54) is 7.11 Å². The molecule has 0 aromatic heterocycles. The lowest BCUT2D eigenvalue weighted by Crippen LogP contribution is -2.31. The Kier molecular flexibility index (Phi) is 7.84. The molecule has 0 amide bonds. The lowest BCUT2D eigenvalue weighted by Gasteiger charge is -2.08. The van der Waals surface area contributed by atoms with Crippen LogP contribution in [0, 0.1) is 0 Å². The first-order chi connectivity index (χ1) is 7.47. The minimum atomic E-state index is -2.29. The maximum absolute atomic E-state index is 12.2. The molecule has 16 heavy (non-hydrogen) atoms. The summed E-state index contributed by atoms with van der Waals surface area (Å²) in [6.07, 6.45) is 0.976. The Balaban J connectivity index is 3.70. The van der Waals surface area contributed by atoms with Crippen LogP contribution in [0.1, 0.15) is 12.8 Å². The van der Waals surface area contributed by atoms with Gasteiger partial charge in [-0.25, -0.2) is 4.20 Å². The molecule has 0 aliphatic carbocycles. The zero-order valence-electron chi connectivity index (χ0n) is 9.02. The molecule has 0 aromatic carbocycles. The van der Waals surface area contributed by atoms with Gasteiger partial charge in [-0.3, -0.25) is 9.79 Å². The molecular formula is C7H15BFN4O2P. The number of hydrogen-bond acceptors (Lipinski definition) is 4. The molecule has 2 radical (unpaired) electrons. The first-order valence-electron chi connectivity index (χ1n) is 4.58. The van der Waals surface area contributed by atoms with E-state index in [4.69, 9.17) is 19.0 Å². The number of nitrogens with zero attached hydrogens (tertiary/aromatic N) is 1. The van der Waals surface area contributed by atoms with E-state index in [2.05, 4.69) is 14.8 Å². The quantitative estimate of drug-likeness (QED) is 0.147. The fourth-order valence-electron chi connectivity index (χ4n) is 0.925. The van der Waals surface area contributed by atoms with Gasteiger partial charge in [0.1, 0.15) is 14.3 Å². The van der Waals surface area contributed by atoms with Crippen molar-refractivity contribution in [1.82, 2.24) is 5.09 Å². The summed E-state index contributed by atoms with van der Waals surface area (Å²) in [5.41, 5.74) is 10.8. The van der Waals surface area contributed by atoms with Crippen LogP contribution in [-0.2, 0) is 9.53 Å². The minimum absolute atomic E-state index is 0.0530. The van der Waals surface area contributed by atoms with Crippen LogP contribution in [0.3, 0.4) is 0 Å². The average molecular weight is 248 g/mol. The van der Waals surface area contributed by atoms with Crippen LogP contribution in [0.5, 0.6) is 0 Å². The minimum Gasteiger partial charge on any atom is -0.468 e. The largest absolute Gasteiger partial charge is 0.468 e. The number of nitrogens with one attached hydrogen (secondary N) is 1. The van der Waals surface area contributed by atoms with Crippen LogP contribution in [0.4, 0.5) is 4.20 Å². The van der Waals surface area contributed by atoms with E-state index in [1.54, 1.807) is 0 Å². The van der Waals surface area contributed by atoms with Gasteiger partial charge in [0.2, 0.25) is 0 Å². The van der Waals surface area contributed by atoms with Gasteiger partial charge in [0.15, 0.2) is 13.5 Å².